The third-order valence-electron chi connectivity index (χ3n) is 3.33. The summed E-state index contributed by atoms with van der Waals surface area (Å²) in [5, 5.41) is 6.36. The van der Waals surface area contributed by atoms with Gasteiger partial charge in [-0.3, -0.25) is 4.79 Å². The Labute approximate surface area is 120 Å². The van der Waals surface area contributed by atoms with E-state index in [1.165, 1.54) is 0 Å². The van der Waals surface area contributed by atoms with Crippen molar-refractivity contribution in [3.8, 4) is 5.75 Å². The lowest BCUT2D eigenvalue weighted by Crippen LogP contribution is -2.45. The maximum atomic E-state index is 12.1. The number of hydrogen-bond acceptors (Lipinski definition) is 3. The van der Waals surface area contributed by atoms with Crippen molar-refractivity contribution in [1.29, 1.82) is 0 Å². The Morgan fingerprint density at radius 3 is 2.75 bits per heavy atom. The van der Waals surface area contributed by atoms with Crippen LogP contribution in [0.2, 0.25) is 0 Å². The first-order chi connectivity index (χ1) is 9.65. The van der Waals surface area contributed by atoms with Crippen molar-refractivity contribution in [3.63, 3.8) is 0 Å². The summed E-state index contributed by atoms with van der Waals surface area (Å²) in [6.45, 7) is 6.83. The summed E-state index contributed by atoms with van der Waals surface area (Å²) in [7, 11) is 0. The second-order valence-electron chi connectivity index (χ2n) is 5.75. The Morgan fingerprint density at radius 2 is 2.15 bits per heavy atom. The number of hydrogen-bond donors (Lipinski definition) is 2. The van der Waals surface area contributed by atoms with E-state index in [0.29, 0.717) is 18.1 Å². The van der Waals surface area contributed by atoms with Gasteiger partial charge in [-0.05, 0) is 49.6 Å². The number of amides is 1. The first-order valence-electron chi connectivity index (χ1n) is 7.39. The van der Waals surface area contributed by atoms with Crippen LogP contribution in [-0.4, -0.2) is 31.6 Å². The molecule has 1 aliphatic heterocycles. The molecule has 0 unspecified atom stereocenters. The van der Waals surface area contributed by atoms with Gasteiger partial charge in [0.15, 0.2) is 0 Å². The van der Waals surface area contributed by atoms with Crippen molar-refractivity contribution in [3.05, 3.63) is 29.8 Å². The highest BCUT2D eigenvalue weighted by Gasteiger charge is 2.16. The molecule has 4 heteroatoms. The fourth-order valence-electron chi connectivity index (χ4n) is 2.21. The molecule has 1 aromatic rings. The minimum Gasteiger partial charge on any atom is -0.493 e. The van der Waals surface area contributed by atoms with E-state index in [9.17, 15) is 4.79 Å². The zero-order chi connectivity index (χ0) is 14.4. The maximum Gasteiger partial charge on any atom is 0.251 e. The standard InChI is InChI=1S/C16H24N2O2/c1-12(2)11-20-15-7-5-13(6-8-15)16(19)18-14-4-3-9-17-10-14/h5-8,12,14,17H,3-4,9-11H2,1-2H3,(H,18,19)/t14-/m0/s1. The van der Waals surface area contributed by atoms with Crippen LogP contribution in [0.4, 0.5) is 0 Å². The average Bonchev–Trinajstić information content (AvgIpc) is 2.46. The van der Waals surface area contributed by atoms with Gasteiger partial charge in [-0.15, -0.1) is 0 Å². The van der Waals surface area contributed by atoms with Crippen LogP contribution in [0, 0.1) is 5.92 Å². The molecule has 0 spiro atoms. The maximum absolute atomic E-state index is 12.1. The highest BCUT2D eigenvalue weighted by molar-refractivity contribution is 5.94. The Kier molecular flexibility index (Phi) is 5.41. The molecule has 0 saturated carbocycles. The fourth-order valence-corrected chi connectivity index (χ4v) is 2.21. The molecule has 0 bridgehead atoms. The summed E-state index contributed by atoms with van der Waals surface area (Å²) < 4.78 is 5.61. The van der Waals surface area contributed by atoms with Gasteiger partial charge in [0.25, 0.3) is 5.91 Å². The molecular formula is C16H24N2O2. The minimum atomic E-state index is -0.00545. The van der Waals surface area contributed by atoms with Gasteiger partial charge >= 0.3 is 0 Å². The number of carbonyl (C=O) groups is 1. The second-order valence-corrected chi connectivity index (χ2v) is 5.75. The molecule has 0 radical (unpaired) electrons. The molecule has 2 rings (SSSR count). The number of ether oxygens (including phenoxy) is 1. The minimum absolute atomic E-state index is 0.00545. The second kappa shape index (κ2) is 7.29. The zero-order valence-electron chi connectivity index (χ0n) is 12.3. The molecule has 1 atom stereocenters. The molecule has 1 fully saturated rings. The molecule has 1 amide bonds. The predicted octanol–water partition coefficient (Wildman–Crippen LogP) is 2.20. The number of carbonyl (C=O) groups excluding carboxylic acids is 1. The molecule has 20 heavy (non-hydrogen) atoms. The topological polar surface area (TPSA) is 50.4 Å². The SMILES string of the molecule is CC(C)COc1ccc(C(=O)N[C@H]2CCCNC2)cc1. The summed E-state index contributed by atoms with van der Waals surface area (Å²) in [6, 6.07) is 7.60. The van der Waals surface area contributed by atoms with Gasteiger partial charge in [0.1, 0.15) is 5.75 Å². The summed E-state index contributed by atoms with van der Waals surface area (Å²) in [5.74, 6) is 1.31. The third kappa shape index (κ3) is 4.53. The Balaban J connectivity index is 1.86. The molecule has 2 N–H and O–H groups in total. The van der Waals surface area contributed by atoms with Crippen LogP contribution in [0.15, 0.2) is 24.3 Å². The van der Waals surface area contributed by atoms with Crippen LogP contribution in [0.25, 0.3) is 0 Å². The van der Waals surface area contributed by atoms with E-state index in [-0.39, 0.29) is 11.9 Å². The molecular weight excluding hydrogens is 252 g/mol. The van der Waals surface area contributed by atoms with Crippen LogP contribution in [-0.2, 0) is 0 Å². The van der Waals surface area contributed by atoms with Crippen LogP contribution in [0.1, 0.15) is 37.0 Å². The molecule has 4 nitrogen and oxygen atoms in total. The zero-order valence-corrected chi connectivity index (χ0v) is 12.3. The average molecular weight is 276 g/mol. The smallest absolute Gasteiger partial charge is 0.251 e. The molecule has 110 valence electrons. The van der Waals surface area contributed by atoms with Gasteiger partial charge in [0, 0.05) is 18.2 Å². The van der Waals surface area contributed by atoms with E-state index in [2.05, 4.69) is 24.5 Å². The van der Waals surface area contributed by atoms with Crippen molar-refractivity contribution in [2.45, 2.75) is 32.7 Å². The van der Waals surface area contributed by atoms with Crippen molar-refractivity contribution in [2.75, 3.05) is 19.7 Å². The van der Waals surface area contributed by atoms with Gasteiger partial charge in [0.2, 0.25) is 0 Å². The van der Waals surface area contributed by atoms with Crippen molar-refractivity contribution in [1.82, 2.24) is 10.6 Å². The monoisotopic (exact) mass is 276 g/mol. The fraction of sp³-hybridized carbons (Fsp3) is 0.562. The highest BCUT2D eigenvalue weighted by Crippen LogP contribution is 2.13. The first-order valence-corrected chi connectivity index (χ1v) is 7.39. The molecule has 1 heterocycles. The van der Waals surface area contributed by atoms with Crippen molar-refractivity contribution in [2.24, 2.45) is 5.92 Å². The lowest BCUT2D eigenvalue weighted by molar-refractivity contribution is 0.0930. The van der Waals surface area contributed by atoms with Gasteiger partial charge in [-0.25, -0.2) is 0 Å². The Morgan fingerprint density at radius 1 is 1.40 bits per heavy atom. The molecule has 0 aromatic heterocycles. The van der Waals surface area contributed by atoms with Gasteiger partial charge in [-0.2, -0.15) is 0 Å². The molecule has 1 aromatic carbocycles. The summed E-state index contributed by atoms with van der Waals surface area (Å²) in [4.78, 5) is 12.1. The quantitative estimate of drug-likeness (QED) is 0.867. The van der Waals surface area contributed by atoms with Crippen molar-refractivity contribution >= 4 is 5.91 Å². The third-order valence-corrected chi connectivity index (χ3v) is 3.33. The van der Waals surface area contributed by atoms with Crippen LogP contribution >= 0.6 is 0 Å². The Hall–Kier alpha value is -1.55. The van der Waals surface area contributed by atoms with E-state index >= 15 is 0 Å². The van der Waals surface area contributed by atoms with E-state index in [0.717, 1.165) is 31.7 Å². The number of benzene rings is 1. The van der Waals surface area contributed by atoms with E-state index in [4.69, 9.17) is 4.74 Å². The van der Waals surface area contributed by atoms with E-state index in [1.807, 2.05) is 24.3 Å². The lowest BCUT2D eigenvalue weighted by Gasteiger charge is -2.23. The van der Waals surface area contributed by atoms with Gasteiger partial charge in [0.05, 0.1) is 6.61 Å². The van der Waals surface area contributed by atoms with Crippen molar-refractivity contribution < 1.29 is 9.53 Å². The van der Waals surface area contributed by atoms with Crippen LogP contribution < -0.4 is 15.4 Å². The normalized spacial score (nSPS) is 18.9. The number of rotatable bonds is 5. The molecule has 1 aliphatic rings. The lowest BCUT2D eigenvalue weighted by atomic mass is 10.1. The summed E-state index contributed by atoms with van der Waals surface area (Å²) in [5.41, 5.74) is 0.687. The highest BCUT2D eigenvalue weighted by atomic mass is 16.5. The first kappa shape index (κ1) is 14.9. The Bertz CT molecular complexity index is 423. The predicted molar refractivity (Wildman–Crippen MR) is 80.1 cm³/mol. The summed E-state index contributed by atoms with van der Waals surface area (Å²) >= 11 is 0. The summed E-state index contributed by atoms with van der Waals surface area (Å²) in [6.07, 6.45) is 2.17. The largest absolute Gasteiger partial charge is 0.493 e. The van der Waals surface area contributed by atoms with Gasteiger partial charge in [-0.1, -0.05) is 13.8 Å². The number of piperidine rings is 1. The number of nitrogens with one attached hydrogen (secondary N) is 2. The van der Waals surface area contributed by atoms with Crippen LogP contribution in [0.3, 0.4) is 0 Å². The molecule has 0 aliphatic carbocycles. The molecule has 1 saturated heterocycles. The van der Waals surface area contributed by atoms with E-state index < -0.39 is 0 Å². The van der Waals surface area contributed by atoms with E-state index in [1.54, 1.807) is 0 Å². The van der Waals surface area contributed by atoms with Crippen LogP contribution in [0.5, 0.6) is 5.75 Å². The van der Waals surface area contributed by atoms with Gasteiger partial charge < -0.3 is 15.4 Å².